The smallest absolute Gasteiger partial charge is 0.259 e. The number of methoxy groups -OCH3 is 2. The van der Waals surface area contributed by atoms with Crippen molar-refractivity contribution in [3.05, 3.63) is 58.4 Å². The Balaban J connectivity index is 2.04. The molecule has 0 spiro atoms. The molecule has 25 heavy (non-hydrogen) atoms. The molecule has 3 aromatic rings. The third-order valence-corrected chi connectivity index (χ3v) is 3.86. The summed E-state index contributed by atoms with van der Waals surface area (Å²) in [6, 6.07) is 6.80. The summed E-state index contributed by atoms with van der Waals surface area (Å²) < 4.78 is 12.3. The van der Waals surface area contributed by atoms with Crippen LogP contribution in [0.25, 0.3) is 10.9 Å². The second-order valence-corrected chi connectivity index (χ2v) is 5.56. The van der Waals surface area contributed by atoms with Gasteiger partial charge in [0.15, 0.2) is 35.5 Å². The minimum atomic E-state index is -0.260. The number of fused-ring (bicyclic) bond motifs is 1. The molecule has 1 N–H and O–H groups in total. The molecule has 0 radical (unpaired) electrons. The van der Waals surface area contributed by atoms with E-state index < -0.39 is 0 Å². The maximum atomic E-state index is 12.4. The molecule has 0 amide bonds. The number of rotatable bonds is 5. The Morgan fingerprint density at radius 1 is 1.24 bits per heavy atom. The van der Waals surface area contributed by atoms with Gasteiger partial charge in [-0.25, -0.2) is 4.98 Å². The number of nitrogens with one attached hydrogen (secondary N) is 1. The fourth-order valence-electron chi connectivity index (χ4n) is 2.59. The number of ketones is 1. The fraction of sp³-hybridized carbons (Fsp3) is 0.222. The van der Waals surface area contributed by atoms with Crippen LogP contribution in [0.15, 0.2) is 41.5 Å². The molecule has 0 saturated heterocycles. The number of carbonyl (C=O) groups excluding carboxylic acids is 1. The number of carbonyl (C=O) groups is 1. The molecule has 0 unspecified atom stereocenters. The summed E-state index contributed by atoms with van der Waals surface area (Å²) in [4.78, 5) is 31.1. The van der Waals surface area contributed by atoms with Gasteiger partial charge in [-0.1, -0.05) is 0 Å². The molecule has 0 aliphatic rings. The molecule has 128 valence electrons. The number of Topliss-reactive ketones (excluding diaryl/α,β-unsaturated/α-hetero) is 1. The maximum absolute atomic E-state index is 12.4. The van der Waals surface area contributed by atoms with Crippen molar-refractivity contribution in [3.63, 3.8) is 0 Å². The van der Waals surface area contributed by atoms with E-state index in [9.17, 15) is 9.59 Å². The molecule has 2 heterocycles. The van der Waals surface area contributed by atoms with Gasteiger partial charge >= 0.3 is 0 Å². The molecule has 0 aliphatic carbocycles. The van der Waals surface area contributed by atoms with Crippen molar-refractivity contribution in [2.75, 3.05) is 14.2 Å². The van der Waals surface area contributed by atoms with Crippen LogP contribution in [0.5, 0.6) is 11.5 Å². The van der Waals surface area contributed by atoms with E-state index in [0.717, 1.165) is 0 Å². The Hall–Kier alpha value is -3.22. The number of H-pyrrole nitrogens is 1. The number of nitrogens with zero attached hydrogens (tertiary/aromatic N) is 2. The minimum Gasteiger partial charge on any atom is -0.493 e. The molecular formula is C18H18N3O4+. The first-order valence-electron chi connectivity index (χ1n) is 7.67. The van der Waals surface area contributed by atoms with E-state index in [0.29, 0.717) is 40.3 Å². The Morgan fingerprint density at radius 3 is 2.64 bits per heavy atom. The summed E-state index contributed by atoms with van der Waals surface area (Å²) in [5, 5.41) is 0.420. The quantitative estimate of drug-likeness (QED) is 0.562. The van der Waals surface area contributed by atoms with Crippen LogP contribution in [0.2, 0.25) is 0 Å². The average Bonchev–Trinajstić information content (AvgIpc) is 2.61. The lowest BCUT2D eigenvalue weighted by atomic mass is 10.2. The SMILES string of the molecule is COc1cc2nc(C[n+]3cccc(C(C)=O)c3)[nH]c(=O)c2cc1OC. The van der Waals surface area contributed by atoms with Crippen molar-refractivity contribution in [2.45, 2.75) is 13.5 Å². The van der Waals surface area contributed by atoms with Crippen molar-refractivity contribution < 1.29 is 18.8 Å². The van der Waals surface area contributed by atoms with Gasteiger partial charge in [0, 0.05) is 12.1 Å². The van der Waals surface area contributed by atoms with Crippen LogP contribution in [0.1, 0.15) is 23.1 Å². The number of pyridine rings is 1. The fourth-order valence-corrected chi connectivity index (χ4v) is 2.59. The maximum Gasteiger partial charge on any atom is 0.259 e. The van der Waals surface area contributed by atoms with Gasteiger partial charge in [-0.05, 0) is 19.1 Å². The van der Waals surface area contributed by atoms with Crippen LogP contribution in [-0.4, -0.2) is 30.0 Å². The number of benzene rings is 1. The van der Waals surface area contributed by atoms with E-state index in [2.05, 4.69) is 9.97 Å². The van der Waals surface area contributed by atoms with Crippen molar-refractivity contribution in [1.82, 2.24) is 9.97 Å². The van der Waals surface area contributed by atoms with Gasteiger partial charge in [-0.3, -0.25) is 9.59 Å². The topological polar surface area (TPSA) is 85.2 Å². The van der Waals surface area contributed by atoms with Gasteiger partial charge < -0.3 is 14.5 Å². The zero-order valence-electron chi connectivity index (χ0n) is 14.2. The molecule has 0 saturated carbocycles. The monoisotopic (exact) mass is 340 g/mol. The first kappa shape index (κ1) is 16.6. The molecule has 7 heteroatoms. The highest BCUT2D eigenvalue weighted by molar-refractivity contribution is 5.93. The lowest BCUT2D eigenvalue weighted by Gasteiger charge is -2.08. The predicted molar refractivity (Wildman–Crippen MR) is 91.2 cm³/mol. The standard InChI is InChI=1S/C18H17N3O4/c1-11(22)12-5-4-6-21(9-12)10-17-19-14-8-16(25-3)15(24-2)7-13(14)18(23)20-17/h4-9H,10H2,1-3H3/p+1. The van der Waals surface area contributed by atoms with Crippen molar-refractivity contribution in [3.8, 4) is 11.5 Å². The first-order chi connectivity index (χ1) is 12.0. The summed E-state index contributed by atoms with van der Waals surface area (Å²) in [6.45, 7) is 1.84. The summed E-state index contributed by atoms with van der Waals surface area (Å²) in [6.07, 6.45) is 3.53. The van der Waals surface area contributed by atoms with E-state index in [4.69, 9.17) is 9.47 Å². The van der Waals surface area contributed by atoms with E-state index in [1.54, 1.807) is 35.0 Å². The van der Waals surface area contributed by atoms with Crippen LogP contribution in [0, 0.1) is 0 Å². The van der Waals surface area contributed by atoms with Gasteiger partial charge in [-0.2, -0.15) is 4.57 Å². The largest absolute Gasteiger partial charge is 0.493 e. The molecule has 3 rings (SSSR count). The highest BCUT2D eigenvalue weighted by Crippen LogP contribution is 2.29. The molecular weight excluding hydrogens is 322 g/mol. The van der Waals surface area contributed by atoms with Gasteiger partial charge in [0.25, 0.3) is 5.56 Å². The van der Waals surface area contributed by atoms with Gasteiger partial charge in [0.2, 0.25) is 6.54 Å². The van der Waals surface area contributed by atoms with Gasteiger partial charge in [-0.15, -0.1) is 0 Å². The molecule has 0 aliphatic heterocycles. The molecule has 0 bridgehead atoms. The van der Waals surface area contributed by atoms with Crippen LogP contribution in [0.4, 0.5) is 0 Å². The molecule has 7 nitrogen and oxygen atoms in total. The van der Waals surface area contributed by atoms with Crippen molar-refractivity contribution in [1.29, 1.82) is 0 Å². The molecule has 2 aromatic heterocycles. The number of hydrogen-bond donors (Lipinski definition) is 1. The zero-order chi connectivity index (χ0) is 18.0. The van der Waals surface area contributed by atoms with Crippen molar-refractivity contribution >= 4 is 16.7 Å². The lowest BCUT2D eigenvalue weighted by Crippen LogP contribution is -2.36. The number of hydrogen-bond acceptors (Lipinski definition) is 5. The molecule has 0 fully saturated rings. The van der Waals surface area contributed by atoms with Gasteiger partial charge in [0.1, 0.15) is 0 Å². The Labute approximate surface area is 143 Å². The van der Waals surface area contributed by atoms with Crippen LogP contribution in [0.3, 0.4) is 0 Å². The summed E-state index contributed by atoms with van der Waals surface area (Å²) in [7, 11) is 3.04. The van der Waals surface area contributed by atoms with Crippen LogP contribution < -0.4 is 19.6 Å². The zero-order valence-corrected chi connectivity index (χ0v) is 14.2. The van der Waals surface area contributed by atoms with E-state index >= 15 is 0 Å². The highest BCUT2D eigenvalue weighted by Gasteiger charge is 2.13. The molecule has 0 atom stereocenters. The normalized spacial score (nSPS) is 10.7. The number of ether oxygens (including phenoxy) is 2. The van der Waals surface area contributed by atoms with Crippen molar-refractivity contribution in [2.24, 2.45) is 0 Å². The second kappa shape index (κ2) is 6.72. The summed E-state index contributed by atoms with van der Waals surface area (Å²) >= 11 is 0. The number of aromatic amines is 1. The van der Waals surface area contributed by atoms with Gasteiger partial charge in [0.05, 0.1) is 30.7 Å². The number of aromatic nitrogens is 3. The second-order valence-electron chi connectivity index (χ2n) is 5.56. The average molecular weight is 340 g/mol. The first-order valence-corrected chi connectivity index (χ1v) is 7.67. The van der Waals surface area contributed by atoms with Crippen LogP contribution >= 0.6 is 0 Å². The van der Waals surface area contributed by atoms with E-state index in [1.807, 2.05) is 6.20 Å². The van der Waals surface area contributed by atoms with E-state index in [-0.39, 0.29) is 11.3 Å². The lowest BCUT2D eigenvalue weighted by molar-refractivity contribution is -0.689. The van der Waals surface area contributed by atoms with E-state index in [1.165, 1.54) is 21.1 Å². The Kier molecular flexibility index (Phi) is 4.47. The Bertz CT molecular complexity index is 1010. The van der Waals surface area contributed by atoms with Crippen LogP contribution in [-0.2, 0) is 6.54 Å². The Morgan fingerprint density at radius 2 is 1.96 bits per heavy atom. The summed E-state index contributed by atoms with van der Waals surface area (Å²) in [5.74, 6) is 1.44. The molecule has 1 aromatic carbocycles. The highest BCUT2D eigenvalue weighted by atomic mass is 16.5. The summed E-state index contributed by atoms with van der Waals surface area (Å²) in [5.41, 5.74) is 0.848. The third kappa shape index (κ3) is 3.35. The predicted octanol–water partition coefficient (Wildman–Crippen LogP) is 1.48. The minimum absolute atomic E-state index is 0.0221. The third-order valence-electron chi connectivity index (χ3n) is 3.86.